The minimum absolute atomic E-state index is 0.405. The van der Waals surface area contributed by atoms with Crippen molar-refractivity contribution in [2.24, 2.45) is 11.8 Å². The van der Waals surface area contributed by atoms with Crippen LogP contribution >= 0.6 is 0 Å². The van der Waals surface area contributed by atoms with Gasteiger partial charge < -0.3 is 0 Å². The molecular formula is C9H20N2. The first-order valence-corrected chi connectivity index (χ1v) is 4.37. The largest absolute Gasteiger partial charge is 0.271 e. The number of hydrazine groups is 1. The van der Waals surface area contributed by atoms with Crippen LogP contribution in [0.2, 0.25) is 0 Å². The van der Waals surface area contributed by atoms with Crippen LogP contribution in [-0.2, 0) is 0 Å². The van der Waals surface area contributed by atoms with E-state index in [4.69, 9.17) is 5.84 Å². The van der Waals surface area contributed by atoms with Gasteiger partial charge in [-0.05, 0) is 12.3 Å². The molecule has 0 aliphatic rings. The molecule has 0 aliphatic carbocycles. The summed E-state index contributed by atoms with van der Waals surface area (Å²) < 4.78 is 0. The zero-order valence-corrected chi connectivity index (χ0v) is 7.64. The van der Waals surface area contributed by atoms with Gasteiger partial charge >= 0.3 is 0 Å². The van der Waals surface area contributed by atoms with E-state index >= 15 is 0 Å². The van der Waals surface area contributed by atoms with Crippen molar-refractivity contribution < 1.29 is 0 Å². The Morgan fingerprint density at radius 1 is 1.45 bits per heavy atom. The van der Waals surface area contributed by atoms with Crippen LogP contribution in [0.1, 0.15) is 33.1 Å². The van der Waals surface area contributed by atoms with Crippen molar-refractivity contribution in [3.8, 4) is 0 Å². The average molecular weight is 156 g/mol. The lowest BCUT2D eigenvalue weighted by Crippen LogP contribution is -2.40. The van der Waals surface area contributed by atoms with E-state index in [1.165, 1.54) is 12.8 Å². The van der Waals surface area contributed by atoms with Gasteiger partial charge in [-0.15, -0.1) is 6.58 Å². The maximum atomic E-state index is 5.41. The quantitative estimate of drug-likeness (QED) is 0.350. The summed E-state index contributed by atoms with van der Waals surface area (Å²) in [6.07, 6.45) is 5.24. The third-order valence-corrected chi connectivity index (χ3v) is 2.25. The Balaban J connectivity index is 3.85. The molecule has 2 heteroatoms. The molecule has 3 N–H and O–H groups in total. The second kappa shape index (κ2) is 6.38. The Labute approximate surface area is 69.8 Å². The average Bonchev–Trinajstić information content (AvgIpc) is 2.05. The number of hydrogen-bond donors (Lipinski definition) is 2. The topological polar surface area (TPSA) is 38.0 Å². The van der Waals surface area contributed by atoms with Crippen molar-refractivity contribution in [3.05, 3.63) is 12.7 Å². The minimum Gasteiger partial charge on any atom is -0.271 e. The molecule has 0 saturated heterocycles. The normalized spacial score (nSPS) is 13.5. The van der Waals surface area contributed by atoms with E-state index in [1.54, 1.807) is 0 Å². The highest BCUT2D eigenvalue weighted by molar-refractivity contribution is 4.80. The van der Waals surface area contributed by atoms with Gasteiger partial charge in [0.1, 0.15) is 0 Å². The highest BCUT2D eigenvalue weighted by atomic mass is 15.2. The minimum atomic E-state index is 0.405. The second-order valence-corrected chi connectivity index (χ2v) is 2.87. The maximum absolute atomic E-state index is 5.41. The van der Waals surface area contributed by atoms with Crippen LogP contribution < -0.4 is 11.3 Å². The van der Waals surface area contributed by atoms with Crippen LogP contribution in [0.3, 0.4) is 0 Å². The third-order valence-electron chi connectivity index (χ3n) is 2.25. The van der Waals surface area contributed by atoms with Crippen LogP contribution in [0, 0.1) is 5.92 Å². The first-order valence-electron chi connectivity index (χ1n) is 4.37. The maximum Gasteiger partial charge on any atom is 0.0272 e. The molecule has 0 heterocycles. The Bertz CT molecular complexity index is 97.7. The number of nitrogens with two attached hydrogens (primary N) is 1. The molecule has 1 atom stereocenters. The fraction of sp³-hybridized carbons (Fsp3) is 0.778. The van der Waals surface area contributed by atoms with Gasteiger partial charge in [-0.3, -0.25) is 11.3 Å². The molecule has 0 aromatic rings. The van der Waals surface area contributed by atoms with Crippen LogP contribution in [0.5, 0.6) is 0 Å². The molecule has 0 fully saturated rings. The Morgan fingerprint density at radius 2 is 2.00 bits per heavy atom. The summed E-state index contributed by atoms with van der Waals surface area (Å²) in [6.45, 7) is 8.10. The molecule has 0 bridgehead atoms. The van der Waals surface area contributed by atoms with E-state index in [0.717, 1.165) is 6.42 Å². The third kappa shape index (κ3) is 3.54. The van der Waals surface area contributed by atoms with Gasteiger partial charge in [0.25, 0.3) is 0 Å². The van der Waals surface area contributed by atoms with E-state index in [2.05, 4.69) is 25.9 Å². The first kappa shape index (κ1) is 10.7. The molecular weight excluding hydrogens is 136 g/mol. The molecule has 0 spiro atoms. The molecule has 0 radical (unpaired) electrons. The molecule has 0 aromatic heterocycles. The molecule has 0 aromatic carbocycles. The van der Waals surface area contributed by atoms with Crippen molar-refractivity contribution in [2.75, 3.05) is 0 Å². The van der Waals surface area contributed by atoms with Crippen molar-refractivity contribution in [1.29, 1.82) is 0 Å². The molecule has 2 nitrogen and oxygen atoms in total. The lowest BCUT2D eigenvalue weighted by Gasteiger charge is -2.22. The van der Waals surface area contributed by atoms with Crippen molar-refractivity contribution >= 4 is 0 Å². The van der Waals surface area contributed by atoms with Crippen LogP contribution in [-0.4, -0.2) is 6.04 Å². The summed E-state index contributed by atoms with van der Waals surface area (Å²) in [6, 6.07) is 0.405. The van der Waals surface area contributed by atoms with E-state index in [1.807, 2.05) is 6.08 Å². The van der Waals surface area contributed by atoms with Crippen molar-refractivity contribution in [1.82, 2.24) is 5.43 Å². The fourth-order valence-electron chi connectivity index (χ4n) is 1.43. The van der Waals surface area contributed by atoms with E-state index < -0.39 is 0 Å². The van der Waals surface area contributed by atoms with E-state index in [9.17, 15) is 0 Å². The Kier molecular flexibility index (Phi) is 6.18. The summed E-state index contributed by atoms with van der Waals surface area (Å²) in [7, 11) is 0. The molecule has 0 rings (SSSR count). The highest BCUT2D eigenvalue weighted by Gasteiger charge is 2.14. The van der Waals surface area contributed by atoms with Gasteiger partial charge in [0.2, 0.25) is 0 Å². The smallest absolute Gasteiger partial charge is 0.0272 e. The van der Waals surface area contributed by atoms with E-state index in [0.29, 0.717) is 12.0 Å². The lowest BCUT2D eigenvalue weighted by molar-refractivity contribution is 0.339. The molecule has 0 aliphatic heterocycles. The van der Waals surface area contributed by atoms with Crippen LogP contribution in [0.15, 0.2) is 12.7 Å². The monoisotopic (exact) mass is 156 g/mol. The summed E-state index contributed by atoms with van der Waals surface area (Å²) in [5, 5.41) is 0. The van der Waals surface area contributed by atoms with Gasteiger partial charge in [-0.2, -0.15) is 0 Å². The summed E-state index contributed by atoms with van der Waals surface area (Å²) in [5.74, 6) is 6.09. The van der Waals surface area contributed by atoms with Gasteiger partial charge in [-0.1, -0.05) is 32.8 Å². The number of nitrogens with one attached hydrogen (secondary N) is 1. The fourth-order valence-corrected chi connectivity index (χ4v) is 1.43. The predicted octanol–water partition coefficient (Wildman–Crippen LogP) is 1.83. The summed E-state index contributed by atoms with van der Waals surface area (Å²) in [4.78, 5) is 0. The van der Waals surface area contributed by atoms with Gasteiger partial charge in [-0.25, -0.2) is 0 Å². The van der Waals surface area contributed by atoms with Gasteiger partial charge in [0.05, 0.1) is 0 Å². The van der Waals surface area contributed by atoms with Crippen LogP contribution in [0.25, 0.3) is 0 Å². The second-order valence-electron chi connectivity index (χ2n) is 2.87. The predicted molar refractivity (Wildman–Crippen MR) is 50.0 cm³/mol. The summed E-state index contributed by atoms with van der Waals surface area (Å²) in [5.41, 5.74) is 2.83. The van der Waals surface area contributed by atoms with E-state index in [-0.39, 0.29) is 0 Å². The first-order chi connectivity index (χ1) is 5.29. The Hall–Kier alpha value is -0.340. The highest BCUT2D eigenvalue weighted by Crippen LogP contribution is 2.15. The molecule has 11 heavy (non-hydrogen) atoms. The zero-order valence-electron chi connectivity index (χ0n) is 7.64. The SMILES string of the molecule is C=CCC(NN)C(CC)CC. The molecule has 0 amide bonds. The number of hydrogen-bond acceptors (Lipinski definition) is 2. The Morgan fingerprint density at radius 3 is 2.27 bits per heavy atom. The molecule has 0 saturated carbocycles. The summed E-state index contributed by atoms with van der Waals surface area (Å²) >= 11 is 0. The van der Waals surface area contributed by atoms with Gasteiger partial charge in [0.15, 0.2) is 0 Å². The van der Waals surface area contributed by atoms with Crippen molar-refractivity contribution in [2.45, 2.75) is 39.2 Å². The number of rotatable bonds is 6. The van der Waals surface area contributed by atoms with Crippen LogP contribution in [0.4, 0.5) is 0 Å². The molecule has 1 unspecified atom stereocenters. The zero-order chi connectivity index (χ0) is 8.69. The van der Waals surface area contributed by atoms with Crippen molar-refractivity contribution in [3.63, 3.8) is 0 Å². The molecule has 66 valence electrons. The standard InChI is InChI=1S/C9H20N2/c1-4-7-9(11-10)8(5-2)6-3/h4,8-9,11H,1,5-7,10H2,2-3H3. The van der Waals surface area contributed by atoms with Gasteiger partial charge in [0, 0.05) is 6.04 Å². The lowest BCUT2D eigenvalue weighted by atomic mass is 9.92.